The Hall–Kier alpha value is -1.92. The van der Waals surface area contributed by atoms with E-state index in [1.807, 2.05) is 36.6 Å². The molecule has 0 radical (unpaired) electrons. The van der Waals surface area contributed by atoms with Crippen molar-refractivity contribution < 1.29 is 9.90 Å². The lowest BCUT2D eigenvalue weighted by Gasteiger charge is -2.14. The highest BCUT2D eigenvalue weighted by molar-refractivity contribution is 7.09. The third-order valence-corrected chi connectivity index (χ3v) is 4.69. The normalized spacial score (nSPS) is 12.2. The number of urea groups is 1. The number of nitrogens with one attached hydrogen (secondary N) is 2. The topological polar surface area (TPSA) is 74.2 Å². The number of benzene rings is 1. The molecule has 0 aliphatic rings. The maximum absolute atomic E-state index is 11.8. The molecular formula is C17H23N3O2S. The summed E-state index contributed by atoms with van der Waals surface area (Å²) < 4.78 is 0. The number of nitrogens with zero attached hydrogens (tertiary/aromatic N) is 1. The first kappa shape index (κ1) is 17.4. The van der Waals surface area contributed by atoms with Crippen molar-refractivity contribution in [2.75, 3.05) is 6.54 Å². The average Bonchev–Trinajstić information content (AvgIpc) is 3.00. The van der Waals surface area contributed by atoms with Gasteiger partial charge in [-0.2, -0.15) is 0 Å². The second-order valence-electron chi connectivity index (χ2n) is 5.77. The summed E-state index contributed by atoms with van der Waals surface area (Å²) in [6, 6.07) is 7.29. The Morgan fingerprint density at radius 3 is 2.70 bits per heavy atom. The third-order valence-electron chi connectivity index (χ3n) is 3.50. The van der Waals surface area contributed by atoms with Crippen molar-refractivity contribution in [3.05, 3.63) is 51.5 Å². The van der Waals surface area contributed by atoms with E-state index in [4.69, 9.17) is 0 Å². The van der Waals surface area contributed by atoms with E-state index in [1.54, 1.807) is 11.3 Å². The molecule has 1 heterocycles. The lowest BCUT2D eigenvalue weighted by molar-refractivity contribution is 0.172. The third kappa shape index (κ3) is 5.04. The molecule has 2 rings (SSSR count). The van der Waals surface area contributed by atoms with E-state index in [0.717, 1.165) is 21.8 Å². The van der Waals surface area contributed by atoms with Crippen molar-refractivity contribution in [3.8, 4) is 0 Å². The van der Waals surface area contributed by atoms with Crippen LogP contribution in [0.2, 0.25) is 0 Å². The first-order valence-corrected chi connectivity index (χ1v) is 8.55. The summed E-state index contributed by atoms with van der Waals surface area (Å²) in [5.41, 5.74) is 2.69. The number of aliphatic hydroxyl groups is 1. The van der Waals surface area contributed by atoms with E-state index in [9.17, 15) is 9.90 Å². The van der Waals surface area contributed by atoms with Crippen LogP contribution < -0.4 is 10.6 Å². The van der Waals surface area contributed by atoms with Gasteiger partial charge in [-0.05, 0) is 18.1 Å². The smallest absolute Gasteiger partial charge is 0.315 e. The molecule has 124 valence electrons. The second kappa shape index (κ2) is 8.08. The Bertz CT molecular complexity index is 655. The largest absolute Gasteiger partial charge is 0.387 e. The molecule has 0 bridgehead atoms. The highest BCUT2D eigenvalue weighted by atomic mass is 32.1. The molecule has 0 saturated heterocycles. The van der Waals surface area contributed by atoms with Crippen LogP contribution in [-0.4, -0.2) is 22.7 Å². The minimum absolute atomic E-state index is 0.172. The molecular weight excluding hydrogens is 310 g/mol. The number of hydrogen-bond acceptors (Lipinski definition) is 4. The van der Waals surface area contributed by atoms with Crippen molar-refractivity contribution in [1.29, 1.82) is 0 Å². The number of aliphatic hydroxyl groups excluding tert-OH is 1. The molecule has 0 spiro atoms. The predicted octanol–water partition coefficient (Wildman–Crippen LogP) is 3.11. The van der Waals surface area contributed by atoms with Gasteiger partial charge < -0.3 is 15.7 Å². The van der Waals surface area contributed by atoms with Crippen LogP contribution in [0.15, 0.2) is 29.6 Å². The second-order valence-corrected chi connectivity index (χ2v) is 6.66. The monoisotopic (exact) mass is 333 g/mol. The number of carbonyl (C=O) groups is 1. The van der Waals surface area contributed by atoms with Crippen LogP contribution in [0.1, 0.15) is 47.7 Å². The molecule has 0 saturated carbocycles. The lowest BCUT2D eigenvalue weighted by Crippen LogP contribution is -2.37. The molecule has 1 unspecified atom stereocenters. The maximum Gasteiger partial charge on any atom is 0.315 e. The van der Waals surface area contributed by atoms with Gasteiger partial charge >= 0.3 is 6.03 Å². The minimum Gasteiger partial charge on any atom is -0.387 e. The molecule has 1 aromatic heterocycles. The quantitative estimate of drug-likeness (QED) is 0.760. The molecule has 23 heavy (non-hydrogen) atoms. The number of amides is 2. The van der Waals surface area contributed by atoms with Gasteiger partial charge in [0, 0.05) is 17.8 Å². The number of hydrogen-bond donors (Lipinski definition) is 3. The SMILES string of the molecule is Cc1ccccc1C(O)CNC(=O)NCc1csc(C(C)C)n1. The molecule has 0 aliphatic carbocycles. The van der Waals surface area contributed by atoms with Gasteiger partial charge in [0.25, 0.3) is 0 Å². The fourth-order valence-corrected chi connectivity index (χ4v) is 3.00. The van der Waals surface area contributed by atoms with Crippen LogP contribution in [0.4, 0.5) is 4.79 Å². The van der Waals surface area contributed by atoms with E-state index >= 15 is 0 Å². The number of aromatic nitrogens is 1. The van der Waals surface area contributed by atoms with Crippen LogP contribution in [0.5, 0.6) is 0 Å². The van der Waals surface area contributed by atoms with E-state index in [2.05, 4.69) is 29.5 Å². The van der Waals surface area contributed by atoms with Gasteiger partial charge in [0.2, 0.25) is 0 Å². The molecule has 2 amide bonds. The van der Waals surface area contributed by atoms with Crippen molar-refractivity contribution in [1.82, 2.24) is 15.6 Å². The van der Waals surface area contributed by atoms with E-state index in [0.29, 0.717) is 12.5 Å². The van der Waals surface area contributed by atoms with Gasteiger partial charge in [-0.3, -0.25) is 0 Å². The minimum atomic E-state index is -0.714. The zero-order valence-corrected chi connectivity index (χ0v) is 14.5. The standard InChI is InChI=1S/C17H23N3O2S/c1-11(2)16-20-13(10-23-16)8-18-17(22)19-9-15(21)14-7-5-4-6-12(14)3/h4-7,10-11,15,21H,8-9H2,1-3H3,(H2,18,19,22). The zero-order valence-electron chi connectivity index (χ0n) is 13.7. The van der Waals surface area contributed by atoms with Gasteiger partial charge in [-0.15, -0.1) is 11.3 Å². The highest BCUT2D eigenvalue weighted by Gasteiger charge is 2.12. The fourth-order valence-electron chi connectivity index (χ4n) is 2.16. The maximum atomic E-state index is 11.8. The summed E-state index contributed by atoms with van der Waals surface area (Å²) in [7, 11) is 0. The fraction of sp³-hybridized carbons (Fsp3) is 0.412. The van der Waals surface area contributed by atoms with Crippen molar-refractivity contribution >= 4 is 17.4 Å². The Labute approximate surface area is 140 Å². The predicted molar refractivity (Wildman–Crippen MR) is 92.6 cm³/mol. The van der Waals surface area contributed by atoms with Gasteiger partial charge in [0.1, 0.15) is 0 Å². The highest BCUT2D eigenvalue weighted by Crippen LogP contribution is 2.19. The summed E-state index contributed by atoms with van der Waals surface area (Å²) in [6.07, 6.45) is -0.714. The zero-order chi connectivity index (χ0) is 16.8. The van der Waals surface area contributed by atoms with Crippen LogP contribution in [0.3, 0.4) is 0 Å². The Kier molecular flexibility index (Phi) is 6.12. The van der Waals surface area contributed by atoms with Crippen molar-refractivity contribution in [2.24, 2.45) is 0 Å². The molecule has 1 atom stereocenters. The van der Waals surface area contributed by atoms with E-state index < -0.39 is 6.10 Å². The Morgan fingerprint density at radius 1 is 1.30 bits per heavy atom. The summed E-state index contributed by atoms with van der Waals surface area (Å²) in [5.74, 6) is 0.395. The van der Waals surface area contributed by atoms with Crippen LogP contribution >= 0.6 is 11.3 Å². The average molecular weight is 333 g/mol. The van der Waals surface area contributed by atoms with Gasteiger partial charge in [-0.25, -0.2) is 9.78 Å². The summed E-state index contributed by atoms with van der Waals surface area (Å²) in [5, 5.41) is 18.6. The van der Waals surface area contributed by atoms with Crippen molar-refractivity contribution in [3.63, 3.8) is 0 Å². The summed E-state index contributed by atoms with van der Waals surface area (Å²) >= 11 is 1.60. The Balaban J connectivity index is 1.77. The molecule has 6 heteroatoms. The molecule has 3 N–H and O–H groups in total. The van der Waals surface area contributed by atoms with E-state index in [-0.39, 0.29) is 12.6 Å². The van der Waals surface area contributed by atoms with Gasteiger partial charge in [0.15, 0.2) is 0 Å². The molecule has 1 aromatic carbocycles. The van der Waals surface area contributed by atoms with E-state index in [1.165, 1.54) is 0 Å². The summed E-state index contributed by atoms with van der Waals surface area (Å²) in [4.78, 5) is 16.3. The van der Waals surface area contributed by atoms with Crippen LogP contribution in [-0.2, 0) is 6.54 Å². The number of aryl methyl sites for hydroxylation is 1. The number of rotatable bonds is 6. The van der Waals surface area contributed by atoms with Gasteiger partial charge in [-0.1, -0.05) is 38.1 Å². The lowest BCUT2D eigenvalue weighted by atomic mass is 10.0. The van der Waals surface area contributed by atoms with Crippen LogP contribution in [0, 0.1) is 6.92 Å². The molecule has 2 aromatic rings. The molecule has 0 fully saturated rings. The first-order chi connectivity index (χ1) is 11.0. The van der Waals surface area contributed by atoms with Crippen LogP contribution in [0.25, 0.3) is 0 Å². The van der Waals surface area contributed by atoms with Crippen molar-refractivity contribution in [2.45, 2.75) is 39.3 Å². The molecule has 0 aliphatic heterocycles. The molecule has 5 nitrogen and oxygen atoms in total. The Morgan fingerprint density at radius 2 is 2.04 bits per heavy atom. The first-order valence-electron chi connectivity index (χ1n) is 7.67. The number of thiazole rings is 1. The van der Waals surface area contributed by atoms with Gasteiger partial charge in [0.05, 0.1) is 23.4 Å². The summed E-state index contributed by atoms with van der Waals surface area (Å²) in [6.45, 7) is 6.68. The number of carbonyl (C=O) groups excluding carboxylic acids is 1.